The smallest absolute Gasteiger partial charge is 0.307 e. The number of aryl methyl sites for hydroxylation is 2. The summed E-state index contributed by atoms with van der Waals surface area (Å²) in [5, 5.41) is 16.5. The zero-order valence-electron chi connectivity index (χ0n) is 18.2. The Kier molecular flexibility index (Phi) is 5.71. The first-order chi connectivity index (χ1) is 15.6. The number of carboxylic acids is 1. The van der Waals surface area contributed by atoms with Crippen molar-refractivity contribution >= 4 is 28.5 Å². The van der Waals surface area contributed by atoms with E-state index in [0.29, 0.717) is 39.0 Å². The number of halogens is 2. The highest BCUT2D eigenvalue weighted by molar-refractivity contribution is 6.06. The first kappa shape index (κ1) is 22.2. The molecule has 0 atom stereocenters. The molecule has 0 aliphatic heterocycles. The average Bonchev–Trinajstić information content (AvgIpc) is 3.21. The van der Waals surface area contributed by atoms with Gasteiger partial charge in [0.25, 0.3) is 5.91 Å². The molecular formula is C24H21F2N3O4. The largest absolute Gasteiger partial charge is 0.481 e. The van der Waals surface area contributed by atoms with Crippen LogP contribution in [-0.4, -0.2) is 26.8 Å². The van der Waals surface area contributed by atoms with Crippen LogP contribution >= 0.6 is 0 Å². The third kappa shape index (κ3) is 4.34. The number of nitrogens with one attached hydrogen (secondary N) is 1. The Morgan fingerprint density at radius 1 is 1.12 bits per heavy atom. The Bertz CT molecular complexity index is 1400. The molecule has 2 aromatic carbocycles. The van der Waals surface area contributed by atoms with Gasteiger partial charge in [-0.3, -0.25) is 14.3 Å². The highest BCUT2D eigenvalue weighted by Crippen LogP contribution is 2.27. The van der Waals surface area contributed by atoms with E-state index in [4.69, 9.17) is 9.52 Å². The summed E-state index contributed by atoms with van der Waals surface area (Å²) in [6.07, 6.45) is -0.154. The van der Waals surface area contributed by atoms with Gasteiger partial charge in [0.05, 0.1) is 18.7 Å². The average molecular weight is 453 g/mol. The van der Waals surface area contributed by atoms with Crippen molar-refractivity contribution in [1.82, 2.24) is 9.78 Å². The molecule has 0 aliphatic rings. The molecule has 2 N–H and O–H groups in total. The number of rotatable bonds is 6. The van der Waals surface area contributed by atoms with E-state index in [1.54, 1.807) is 31.5 Å². The van der Waals surface area contributed by atoms with Crippen LogP contribution in [0.15, 0.2) is 40.8 Å². The first-order valence-electron chi connectivity index (χ1n) is 10.2. The van der Waals surface area contributed by atoms with Gasteiger partial charge in [0.1, 0.15) is 17.2 Å². The zero-order chi connectivity index (χ0) is 23.9. The molecule has 4 rings (SSSR count). The number of carbonyl (C=O) groups excluding carboxylic acids is 1. The second-order valence-corrected chi connectivity index (χ2v) is 7.83. The molecule has 33 heavy (non-hydrogen) atoms. The Balaban J connectivity index is 1.53. The van der Waals surface area contributed by atoms with E-state index in [0.717, 1.165) is 0 Å². The third-order valence-corrected chi connectivity index (χ3v) is 5.59. The number of hydrogen-bond acceptors (Lipinski definition) is 4. The Morgan fingerprint density at radius 3 is 2.58 bits per heavy atom. The fourth-order valence-corrected chi connectivity index (χ4v) is 3.81. The summed E-state index contributed by atoms with van der Waals surface area (Å²) in [6.45, 7) is 5.22. The minimum Gasteiger partial charge on any atom is -0.481 e. The van der Waals surface area contributed by atoms with Gasteiger partial charge < -0.3 is 14.8 Å². The second-order valence-electron chi connectivity index (χ2n) is 7.83. The summed E-state index contributed by atoms with van der Waals surface area (Å²) in [5.41, 5.74) is 3.27. The lowest BCUT2D eigenvalue weighted by atomic mass is 10.1. The van der Waals surface area contributed by atoms with E-state index in [1.165, 1.54) is 30.3 Å². The number of fused-ring (bicyclic) bond motifs is 1. The maximum absolute atomic E-state index is 14.8. The first-order valence-corrected chi connectivity index (χ1v) is 10.2. The molecule has 0 aliphatic carbocycles. The normalized spacial score (nSPS) is 11.2. The van der Waals surface area contributed by atoms with Crippen molar-refractivity contribution in [2.75, 3.05) is 5.32 Å². The molecule has 0 spiro atoms. The predicted molar refractivity (Wildman–Crippen MR) is 117 cm³/mol. The fourth-order valence-electron chi connectivity index (χ4n) is 3.81. The summed E-state index contributed by atoms with van der Waals surface area (Å²) in [6, 6.07) is 8.25. The Hall–Kier alpha value is -4.01. The predicted octanol–water partition coefficient (Wildman–Crippen LogP) is 4.76. The SMILES string of the molecule is Cc1nn(Cc2ccc(NC(=O)c3oc4ccc(F)cc4c3C)cc2F)c(C)c1CC(=O)O. The zero-order valence-corrected chi connectivity index (χ0v) is 18.2. The quantitative estimate of drug-likeness (QED) is 0.439. The maximum atomic E-state index is 14.8. The van der Waals surface area contributed by atoms with Crippen LogP contribution in [0.5, 0.6) is 0 Å². The molecule has 0 bridgehead atoms. The Labute approximate surface area is 187 Å². The Morgan fingerprint density at radius 2 is 1.88 bits per heavy atom. The van der Waals surface area contributed by atoms with Crippen LogP contribution in [0.25, 0.3) is 11.0 Å². The van der Waals surface area contributed by atoms with Crippen LogP contribution in [0.4, 0.5) is 14.5 Å². The number of anilines is 1. The van der Waals surface area contributed by atoms with Gasteiger partial charge in [-0.05, 0) is 51.1 Å². The van der Waals surface area contributed by atoms with E-state index >= 15 is 0 Å². The van der Waals surface area contributed by atoms with E-state index in [1.807, 2.05) is 0 Å². The number of hydrogen-bond donors (Lipinski definition) is 2. The summed E-state index contributed by atoms with van der Waals surface area (Å²) in [4.78, 5) is 23.7. The third-order valence-electron chi connectivity index (χ3n) is 5.59. The van der Waals surface area contributed by atoms with Crippen LogP contribution < -0.4 is 5.32 Å². The molecule has 4 aromatic rings. The number of benzene rings is 2. The monoisotopic (exact) mass is 453 g/mol. The summed E-state index contributed by atoms with van der Waals surface area (Å²) in [5.74, 6) is -2.50. The second kappa shape index (κ2) is 8.50. The lowest BCUT2D eigenvalue weighted by Crippen LogP contribution is -2.13. The van der Waals surface area contributed by atoms with E-state index in [2.05, 4.69) is 10.4 Å². The van der Waals surface area contributed by atoms with Crippen molar-refractivity contribution < 1.29 is 27.9 Å². The molecule has 170 valence electrons. The summed E-state index contributed by atoms with van der Waals surface area (Å²) >= 11 is 0. The minimum atomic E-state index is -0.961. The van der Waals surface area contributed by atoms with Crippen LogP contribution in [0.2, 0.25) is 0 Å². The number of carbonyl (C=O) groups is 2. The number of amides is 1. The number of aliphatic carboxylic acids is 1. The van der Waals surface area contributed by atoms with Gasteiger partial charge in [-0.25, -0.2) is 8.78 Å². The van der Waals surface area contributed by atoms with Crippen LogP contribution in [0, 0.1) is 32.4 Å². The molecule has 1 amide bonds. The van der Waals surface area contributed by atoms with Crippen molar-refractivity contribution in [3.8, 4) is 0 Å². The number of nitrogens with zero attached hydrogens (tertiary/aromatic N) is 2. The topological polar surface area (TPSA) is 97.4 Å². The van der Waals surface area contributed by atoms with Crippen LogP contribution in [0.1, 0.15) is 38.6 Å². The summed E-state index contributed by atoms with van der Waals surface area (Å²) in [7, 11) is 0. The molecule has 0 fully saturated rings. The van der Waals surface area contributed by atoms with Gasteiger partial charge in [-0.1, -0.05) is 6.07 Å². The van der Waals surface area contributed by atoms with Crippen molar-refractivity contribution in [3.63, 3.8) is 0 Å². The molecule has 7 nitrogen and oxygen atoms in total. The molecule has 2 heterocycles. The van der Waals surface area contributed by atoms with Gasteiger partial charge in [0.2, 0.25) is 0 Å². The van der Waals surface area contributed by atoms with E-state index < -0.39 is 23.5 Å². The van der Waals surface area contributed by atoms with Crippen LogP contribution in [0.3, 0.4) is 0 Å². The minimum absolute atomic E-state index is 0.0219. The van der Waals surface area contributed by atoms with Gasteiger partial charge in [0, 0.05) is 33.5 Å². The molecule has 9 heteroatoms. The molecule has 2 aromatic heterocycles. The van der Waals surface area contributed by atoms with Gasteiger partial charge in [-0.2, -0.15) is 5.10 Å². The standard InChI is InChI=1S/C24H21F2N3O4/c1-12-18-8-16(25)5-7-21(18)33-23(12)24(32)27-17-6-4-15(20(26)9-17)11-29-14(3)19(10-22(30)31)13(2)28-29/h4-9H,10-11H2,1-3H3,(H,27,32)(H,30,31). The highest BCUT2D eigenvalue weighted by Gasteiger charge is 2.19. The molecule has 0 radical (unpaired) electrons. The van der Waals surface area contributed by atoms with Crippen molar-refractivity contribution in [2.24, 2.45) is 0 Å². The van der Waals surface area contributed by atoms with Crippen LogP contribution in [-0.2, 0) is 17.8 Å². The van der Waals surface area contributed by atoms with E-state index in [-0.39, 0.29) is 24.4 Å². The molecular weight excluding hydrogens is 432 g/mol. The highest BCUT2D eigenvalue weighted by atomic mass is 19.1. The van der Waals surface area contributed by atoms with Crippen molar-refractivity contribution in [1.29, 1.82) is 0 Å². The lowest BCUT2D eigenvalue weighted by Gasteiger charge is -2.09. The van der Waals surface area contributed by atoms with Gasteiger partial charge >= 0.3 is 5.97 Å². The number of furan rings is 1. The molecule has 0 saturated heterocycles. The van der Waals surface area contributed by atoms with Gasteiger partial charge in [0.15, 0.2) is 5.76 Å². The summed E-state index contributed by atoms with van der Waals surface area (Å²) < 4.78 is 35.4. The lowest BCUT2D eigenvalue weighted by molar-refractivity contribution is -0.136. The number of aromatic nitrogens is 2. The van der Waals surface area contributed by atoms with Crippen molar-refractivity contribution in [3.05, 3.63) is 81.9 Å². The van der Waals surface area contributed by atoms with E-state index in [9.17, 15) is 18.4 Å². The fraction of sp³-hybridized carbons (Fsp3) is 0.208. The van der Waals surface area contributed by atoms with Crippen molar-refractivity contribution in [2.45, 2.75) is 33.7 Å². The van der Waals surface area contributed by atoms with Gasteiger partial charge in [-0.15, -0.1) is 0 Å². The molecule has 0 saturated carbocycles. The number of carboxylic acid groups (broad SMARTS) is 1. The maximum Gasteiger partial charge on any atom is 0.307 e. The molecule has 0 unspecified atom stereocenters.